The highest BCUT2D eigenvalue weighted by Gasteiger charge is 2.48. The number of aromatic nitrogens is 1. The van der Waals surface area contributed by atoms with Gasteiger partial charge >= 0.3 is 6.18 Å². The largest absolute Gasteiger partial charge is 0.432 e. The molecule has 0 spiro atoms. The maximum atomic E-state index is 13.2. The molecule has 2 heterocycles. The zero-order valence-electron chi connectivity index (χ0n) is 11.0. The lowest BCUT2D eigenvalue weighted by Gasteiger charge is -2.26. The molecule has 1 amide bonds. The van der Waals surface area contributed by atoms with E-state index in [1.165, 1.54) is 6.92 Å². The second-order valence-corrected chi connectivity index (χ2v) is 5.58. The van der Waals surface area contributed by atoms with Crippen LogP contribution in [-0.4, -0.2) is 27.4 Å². The number of anilines is 1. The SMILES string of the molecule is CC1SC(C(N)=O)=C(C(F)(F)F)N1c1ccc([N+](=O)[O-])cn1. The van der Waals surface area contributed by atoms with Gasteiger partial charge in [-0.05, 0) is 13.0 Å². The van der Waals surface area contributed by atoms with Gasteiger partial charge in [-0.15, -0.1) is 0 Å². The molecule has 0 aromatic carbocycles. The third-order valence-electron chi connectivity index (χ3n) is 2.79. The molecule has 1 aromatic rings. The summed E-state index contributed by atoms with van der Waals surface area (Å²) in [5.41, 5.74) is 3.44. The molecule has 1 aliphatic heterocycles. The summed E-state index contributed by atoms with van der Waals surface area (Å²) in [5, 5.41) is 9.78. The lowest BCUT2D eigenvalue weighted by molar-refractivity contribution is -0.385. The van der Waals surface area contributed by atoms with Crippen LogP contribution in [0.4, 0.5) is 24.7 Å². The Morgan fingerprint density at radius 1 is 1.50 bits per heavy atom. The van der Waals surface area contributed by atoms with E-state index < -0.39 is 33.0 Å². The zero-order chi connectivity index (χ0) is 16.7. The van der Waals surface area contributed by atoms with Gasteiger partial charge in [-0.2, -0.15) is 13.2 Å². The van der Waals surface area contributed by atoms with Gasteiger partial charge in [0.05, 0.1) is 10.3 Å². The maximum absolute atomic E-state index is 13.2. The van der Waals surface area contributed by atoms with Crippen LogP contribution in [0.25, 0.3) is 0 Å². The number of primary amides is 1. The smallest absolute Gasteiger partial charge is 0.365 e. The minimum atomic E-state index is -4.81. The van der Waals surface area contributed by atoms with Crippen molar-refractivity contribution in [1.29, 1.82) is 0 Å². The predicted octanol–water partition coefficient (Wildman–Crippen LogP) is 2.15. The number of amides is 1. The van der Waals surface area contributed by atoms with Gasteiger partial charge in [-0.1, -0.05) is 11.8 Å². The molecule has 1 atom stereocenters. The lowest BCUT2D eigenvalue weighted by Crippen LogP contribution is -2.34. The van der Waals surface area contributed by atoms with E-state index in [0.29, 0.717) is 11.8 Å². The molecule has 1 aromatic heterocycles. The molecule has 118 valence electrons. The fourth-order valence-corrected chi connectivity index (χ4v) is 3.04. The van der Waals surface area contributed by atoms with Crippen LogP contribution in [0.15, 0.2) is 28.9 Å². The number of alkyl halides is 3. The van der Waals surface area contributed by atoms with Gasteiger partial charge in [0.2, 0.25) is 0 Å². The number of carbonyl (C=O) groups is 1. The van der Waals surface area contributed by atoms with Crippen LogP contribution >= 0.6 is 11.8 Å². The Balaban J connectivity index is 2.52. The number of hydrogen-bond acceptors (Lipinski definition) is 6. The second kappa shape index (κ2) is 5.48. The van der Waals surface area contributed by atoms with Gasteiger partial charge < -0.3 is 10.6 Å². The third-order valence-corrected chi connectivity index (χ3v) is 3.97. The molecule has 2 rings (SSSR count). The van der Waals surface area contributed by atoms with Crippen LogP contribution in [-0.2, 0) is 4.79 Å². The van der Waals surface area contributed by atoms with Crippen molar-refractivity contribution in [3.05, 3.63) is 39.0 Å². The minimum absolute atomic E-state index is 0.158. The summed E-state index contributed by atoms with van der Waals surface area (Å²) in [6.45, 7) is 1.44. The van der Waals surface area contributed by atoms with E-state index in [0.717, 1.165) is 23.2 Å². The van der Waals surface area contributed by atoms with Crippen LogP contribution < -0.4 is 10.6 Å². The minimum Gasteiger partial charge on any atom is -0.365 e. The van der Waals surface area contributed by atoms with Gasteiger partial charge in [0.25, 0.3) is 11.6 Å². The number of rotatable bonds is 3. The van der Waals surface area contributed by atoms with E-state index in [2.05, 4.69) is 4.98 Å². The molecule has 0 fully saturated rings. The Morgan fingerprint density at radius 3 is 2.55 bits per heavy atom. The lowest BCUT2D eigenvalue weighted by atomic mass is 10.3. The van der Waals surface area contributed by atoms with E-state index in [-0.39, 0.29) is 11.5 Å². The zero-order valence-corrected chi connectivity index (χ0v) is 11.8. The first-order chi connectivity index (χ1) is 10.1. The molecule has 0 saturated heterocycles. The van der Waals surface area contributed by atoms with Crippen molar-refractivity contribution in [3.8, 4) is 0 Å². The Bertz CT molecular complexity index is 660. The highest BCUT2D eigenvalue weighted by Crippen LogP contribution is 2.46. The van der Waals surface area contributed by atoms with Crippen molar-refractivity contribution >= 4 is 29.2 Å². The summed E-state index contributed by atoms with van der Waals surface area (Å²) in [4.78, 5) is 24.9. The first-order valence-corrected chi connectivity index (χ1v) is 6.68. The normalized spacial score (nSPS) is 18.7. The van der Waals surface area contributed by atoms with Gasteiger partial charge in [0.1, 0.15) is 22.6 Å². The Hall–Kier alpha value is -2.30. The molecule has 1 aliphatic rings. The first-order valence-electron chi connectivity index (χ1n) is 5.80. The molecule has 22 heavy (non-hydrogen) atoms. The highest BCUT2D eigenvalue weighted by molar-refractivity contribution is 8.05. The molecule has 0 radical (unpaired) electrons. The summed E-state index contributed by atoms with van der Waals surface area (Å²) in [6, 6.07) is 2.13. The van der Waals surface area contributed by atoms with E-state index in [4.69, 9.17) is 5.73 Å². The summed E-state index contributed by atoms with van der Waals surface area (Å²) in [6.07, 6.45) is -3.96. The van der Waals surface area contributed by atoms with Crippen LogP contribution in [0, 0.1) is 10.1 Å². The Morgan fingerprint density at radius 2 is 2.14 bits per heavy atom. The molecule has 2 N–H and O–H groups in total. The van der Waals surface area contributed by atoms with Crippen molar-refractivity contribution in [2.75, 3.05) is 4.90 Å². The fourth-order valence-electron chi connectivity index (χ4n) is 1.94. The molecule has 1 unspecified atom stereocenters. The quantitative estimate of drug-likeness (QED) is 0.671. The van der Waals surface area contributed by atoms with Crippen molar-refractivity contribution in [3.63, 3.8) is 0 Å². The van der Waals surface area contributed by atoms with Crippen molar-refractivity contribution in [1.82, 2.24) is 4.98 Å². The molecular weight excluding hydrogens is 325 g/mol. The average Bonchev–Trinajstić information content (AvgIpc) is 2.76. The average molecular weight is 334 g/mol. The topological polar surface area (TPSA) is 102 Å². The monoisotopic (exact) mass is 334 g/mol. The third kappa shape index (κ3) is 2.84. The summed E-state index contributed by atoms with van der Waals surface area (Å²) in [7, 11) is 0. The van der Waals surface area contributed by atoms with E-state index in [9.17, 15) is 28.1 Å². The number of thioether (sulfide) groups is 1. The van der Waals surface area contributed by atoms with Crippen LogP contribution in [0.5, 0.6) is 0 Å². The second-order valence-electron chi connectivity index (χ2n) is 4.26. The molecule has 0 aliphatic carbocycles. The Kier molecular flexibility index (Phi) is 4.00. The summed E-state index contributed by atoms with van der Waals surface area (Å²) in [5.74, 6) is -1.34. The number of pyridine rings is 1. The van der Waals surface area contributed by atoms with Gasteiger partial charge in [0.15, 0.2) is 0 Å². The number of allylic oxidation sites excluding steroid dienone is 1. The van der Waals surface area contributed by atoms with Gasteiger partial charge in [-0.3, -0.25) is 14.9 Å². The van der Waals surface area contributed by atoms with E-state index in [1.54, 1.807) is 0 Å². The maximum Gasteiger partial charge on any atom is 0.432 e. The first kappa shape index (κ1) is 16.1. The molecule has 11 heteroatoms. The Labute approximate surface area is 126 Å². The molecule has 0 saturated carbocycles. The van der Waals surface area contributed by atoms with Crippen molar-refractivity contribution in [2.45, 2.75) is 18.5 Å². The summed E-state index contributed by atoms with van der Waals surface area (Å²) >= 11 is 0.659. The van der Waals surface area contributed by atoms with Gasteiger partial charge in [0, 0.05) is 6.07 Å². The number of halogens is 3. The molecular formula is C11H9F3N4O3S. The fraction of sp³-hybridized carbons (Fsp3) is 0.273. The predicted molar refractivity (Wildman–Crippen MR) is 72.7 cm³/mol. The number of hydrogen-bond donors (Lipinski definition) is 1. The van der Waals surface area contributed by atoms with Crippen molar-refractivity contribution in [2.24, 2.45) is 5.73 Å². The number of carbonyl (C=O) groups excluding carboxylic acids is 1. The number of nitro groups is 1. The van der Waals surface area contributed by atoms with Crippen molar-refractivity contribution < 1.29 is 22.9 Å². The standard InChI is InChI=1S/C11H9F3N4O3S/c1-5-17(7-3-2-6(4-16-7)18(20)21)9(11(12,13)14)8(22-5)10(15)19/h2-5H,1H3,(H2,15,19). The molecule has 7 nitrogen and oxygen atoms in total. The van der Waals surface area contributed by atoms with Crippen LogP contribution in [0.2, 0.25) is 0 Å². The van der Waals surface area contributed by atoms with Gasteiger partial charge in [-0.25, -0.2) is 4.98 Å². The van der Waals surface area contributed by atoms with Crippen LogP contribution in [0.3, 0.4) is 0 Å². The number of nitrogens with zero attached hydrogens (tertiary/aromatic N) is 3. The van der Waals surface area contributed by atoms with E-state index >= 15 is 0 Å². The summed E-state index contributed by atoms with van der Waals surface area (Å²) < 4.78 is 39.7. The highest BCUT2D eigenvalue weighted by atomic mass is 32.2. The molecule has 0 bridgehead atoms. The van der Waals surface area contributed by atoms with Crippen LogP contribution in [0.1, 0.15) is 6.92 Å². The van der Waals surface area contributed by atoms with E-state index in [1.807, 2.05) is 0 Å². The number of nitrogens with two attached hydrogens (primary N) is 1.